The SMILES string of the molecule is COC(=O)/C=C/c1ccccc1OC/C(=C\Br)OC. The van der Waals surface area contributed by atoms with E-state index >= 15 is 0 Å². The Labute approximate surface area is 120 Å². The van der Waals surface area contributed by atoms with Gasteiger partial charge in [-0.05, 0) is 12.1 Å². The summed E-state index contributed by atoms with van der Waals surface area (Å²) in [6.07, 6.45) is 2.99. The van der Waals surface area contributed by atoms with Crippen LogP contribution in [-0.2, 0) is 14.3 Å². The average Bonchev–Trinajstić information content (AvgIpc) is 2.46. The first-order chi connectivity index (χ1) is 9.21. The number of methoxy groups -OCH3 is 2. The lowest BCUT2D eigenvalue weighted by molar-refractivity contribution is -0.134. The Balaban J connectivity index is 2.78. The summed E-state index contributed by atoms with van der Waals surface area (Å²) in [6.45, 7) is 0.296. The molecule has 0 unspecified atom stereocenters. The largest absolute Gasteiger partial charge is 0.497 e. The van der Waals surface area contributed by atoms with E-state index in [2.05, 4.69) is 20.7 Å². The van der Waals surface area contributed by atoms with Crippen molar-refractivity contribution in [3.05, 3.63) is 46.6 Å². The quantitative estimate of drug-likeness (QED) is 0.457. The van der Waals surface area contributed by atoms with Crippen molar-refractivity contribution in [3.63, 3.8) is 0 Å². The van der Waals surface area contributed by atoms with E-state index in [9.17, 15) is 4.79 Å². The van der Waals surface area contributed by atoms with Crippen LogP contribution in [0.25, 0.3) is 6.08 Å². The lowest BCUT2D eigenvalue weighted by atomic mass is 10.2. The first kappa shape index (κ1) is 15.3. The van der Waals surface area contributed by atoms with Crippen molar-refractivity contribution in [2.24, 2.45) is 0 Å². The van der Waals surface area contributed by atoms with Gasteiger partial charge in [0, 0.05) is 16.6 Å². The molecule has 0 N–H and O–H groups in total. The lowest BCUT2D eigenvalue weighted by Gasteiger charge is -2.10. The number of halogens is 1. The highest BCUT2D eigenvalue weighted by molar-refractivity contribution is 9.11. The molecule has 0 aliphatic rings. The standard InChI is InChI=1S/C14H15BrO4/c1-17-12(9-15)10-19-13-6-4-3-5-11(13)7-8-14(16)18-2/h3-9H,10H2,1-2H3/b8-7+,12-9+. The number of hydrogen-bond acceptors (Lipinski definition) is 4. The van der Waals surface area contributed by atoms with E-state index in [0.717, 1.165) is 5.56 Å². The number of para-hydroxylation sites is 1. The summed E-state index contributed by atoms with van der Waals surface area (Å²) in [5.74, 6) is 0.908. The van der Waals surface area contributed by atoms with E-state index in [4.69, 9.17) is 9.47 Å². The lowest BCUT2D eigenvalue weighted by Crippen LogP contribution is -2.03. The fourth-order valence-corrected chi connectivity index (χ4v) is 1.58. The number of esters is 1. The first-order valence-corrected chi connectivity index (χ1v) is 6.44. The van der Waals surface area contributed by atoms with Crippen molar-refractivity contribution in [2.45, 2.75) is 0 Å². The van der Waals surface area contributed by atoms with E-state index in [1.54, 1.807) is 18.2 Å². The zero-order valence-corrected chi connectivity index (χ0v) is 12.3. The van der Waals surface area contributed by atoms with Gasteiger partial charge in [-0.3, -0.25) is 0 Å². The van der Waals surface area contributed by atoms with Gasteiger partial charge in [-0.15, -0.1) is 0 Å². The summed E-state index contributed by atoms with van der Waals surface area (Å²) in [5, 5.41) is 0. The van der Waals surface area contributed by atoms with E-state index in [-0.39, 0.29) is 0 Å². The maximum absolute atomic E-state index is 11.1. The second kappa shape index (κ2) is 8.37. The Bertz CT molecular complexity index is 480. The van der Waals surface area contributed by atoms with Crippen LogP contribution in [-0.4, -0.2) is 26.8 Å². The molecule has 0 bridgehead atoms. The zero-order chi connectivity index (χ0) is 14.1. The van der Waals surface area contributed by atoms with E-state index < -0.39 is 5.97 Å². The van der Waals surface area contributed by atoms with Gasteiger partial charge in [-0.2, -0.15) is 0 Å². The minimum absolute atomic E-state index is 0.296. The third kappa shape index (κ3) is 5.18. The van der Waals surface area contributed by atoms with Crippen molar-refractivity contribution < 1.29 is 19.0 Å². The second-order valence-electron chi connectivity index (χ2n) is 3.46. The maximum Gasteiger partial charge on any atom is 0.330 e. The summed E-state index contributed by atoms with van der Waals surface area (Å²) in [4.78, 5) is 12.7. The van der Waals surface area contributed by atoms with Crippen molar-refractivity contribution in [1.29, 1.82) is 0 Å². The van der Waals surface area contributed by atoms with Gasteiger partial charge in [0.2, 0.25) is 0 Å². The molecule has 0 aromatic heterocycles. The van der Waals surface area contributed by atoms with Crippen LogP contribution in [0.5, 0.6) is 5.75 Å². The molecular weight excluding hydrogens is 312 g/mol. The Kier molecular flexibility index (Phi) is 6.74. The Morgan fingerprint density at radius 3 is 2.63 bits per heavy atom. The van der Waals surface area contributed by atoms with Crippen LogP contribution in [0.1, 0.15) is 5.56 Å². The van der Waals surface area contributed by atoms with Gasteiger partial charge in [0.1, 0.15) is 18.1 Å². The van der Waals surface area contributed by atoms with Gasteiger partial charge >= 0.3 is 5.97 Å². The number of rotatable bonds is 6. The molecule has 0 aliphatic heterocycles. The molecule has 5 heteroatoms. The van der Waals surface area contributed by atoms with Crippen LogP contribution < -0.4 is 4.74 Å². The molecule has 0 saturated carbocycles. The Morgan fingerprint density at radius 2 is 2.00 bits per heavy atom. The summed E-state index contributed by atoms with van der Waals surface area (Å²) in [5.41, 5.74) is 0.790. The van der Waals surface area contributed by atoms with Gasteiger partial charge in [0.15, 0.2) is 0 Å². The fourth-order valence-electron chi connectivity index (χ4n) is 1.26. The molecule has 1 rings (SSSR count). The fraction of sp³-hybridized carbons (Fsp3) is 0.214. The molecule has 1 aromatic carbocycles. The number of hydrogen-bond donors (Lipinski definition) is 0. The molecular formula is C14H15BrO4. The first-order valence-electron chi connectivity index (χ1n) is 5.52. The minimum atomic E-state index is -0.410. The van der Waals surface area contributed by atoms with Crippen molar-refractivity contribution in [1.82, 2.24) is 0 Å². The van der Waals surface area contributed by atoms with Crippen LogP contribution in [0.3, 0.4) is 0 Å². The molecule has 0 fully saturated rings. The summed E-state index contributed by atoms with van der Waals surface area (Å²) < 4.78 is 15.2. The van der Waals surface area contributed by atoms with E-state index in [1.165, 1.54) is 13.2 Å². The van der Waals surface area contributed by atoms with Gasteiger partial charge < -0.3 is 14.2 Å². The number of carbonyl (C=O) groups is 1. The van der Waals surface area contributed by atoms with Crippen LogP contribution in [0, 0.1) is 0 Å². The predicted octanol–water partition coefficient (Wildman–Crippen LogP) is 3.13. The molecule has 1 aromatic rings. The topological polar surface area (TPSA) is 44.8 Å². The molecule has 0 atom stereocenters. The van der Waals surface area contributed by atoms with Crippen LogP contribution in [0.15, 0.2) is 41.1 Å². The molecule has 0 spiro atoms. The highest BCUT2D eigenvalue weighted by Gasteiger charge is 2.03. The Hall–Kier alpha value is -1.75. The molecule has 4 nitrogen and oxygen atoms in total. The van der Waals surface area contributed by atoms with Crippen LogP contribution in [0.2, 0.25) is 0 Å². The second-order valence-corrected chi connectivity index (χ2v) is 3.92. The highest BCUT2D eigenvalue weighted by atomic mass is 79.9. The smallest absolute Gasteiger partial charge is 0.330 e. The summed E-state index contributed by atoms with van der Waals surface area (Å²) >= 11 is 3.19. The van der Waals surface area contributed by atoms with Gasteiger partial charge in [-0.25, -0.2) is 4.79 Å². The highest BCUT2D eigenvalue weighted by Crippen LogP contribution is 2.20. The Morgan fingerprint density at radius 1 is 1.26 bits per heavy atom. The maximum atomic E-state index is 11.1. The van der Waals surface area contributed by atoms with Gasteiger partial charge in [0.05, 0.1) is 14.2 Å². The number of ether oxygens (including phenoxy) is 3. The monoisotopic (exact) mass is 326 g/mol. The molecule has 0 amide bonds. The number of benzene rings is 1. The molecule has 0 aliphatic carbocycles. The third-order valence-corrected chi connectivity index (χ3v) is 2.78. The zero-order valence-electron chi connectivity index (χ0n) is 10.8. The normalized spacial score (nSPS) is 11.4. The average molecular weight is 327 g/mol. The summed E-state index contributed by atoms with van der Waals surface area (Å²) in [6, 6.07) is 7.38. The van der Waals surface area contributed by atoms with Crippen LogP contribution >= 0.6 is 15.9 Å². The number of carbonyl (C=O) groups excluding carboxylic acids is 1. The van der Waals surface area contributed by atoms with Crippen molar-refractivity contribution in [2.75, 3.05) is 20.8 Å². The van der Waals surface area contributed by atoms with Crippen molar-refractivity contribution in [3.8, 4) is 5.75 Å². The minimum Gasteiger partial charge on any atom is -0.497 e. The molecule has 0 saturated heterocycles. The van der Waals surface area contributed by atoms with Gasteiger partial charge in [-0.1, -0.05) is 34.1 Å². The van der Waals surface area contributed by atoms with Crippen LogP contribution in [0.4, 0.5) is 0 Å². The van der Waals surface area contributed by atoms with Gasteiger partial charge in [0.25, 0.3) is 0 Å². The molecule has 102 valence electrons. The predicted molar refractivity (Wildman–Crippen MR) is 77.0 cm³/mol. The molecule has 19 heavy (non-hydrogen) atoms. The van der Waals surface area contributed by atoms with E-state index in [1.807, 2.05) is 24.3 Å². The third-order valence-electron chi connectivity index (χ3n) is 2.27. The molecule has 0 heterocycles. The van der Waals surface area contributed by atoms with Crippen molar-refractivity contribution >= 4 is 28.0 Å². The summed E-state index contributed by atoms with van der Waals surface area (Å²) in [7, 11) is 2.90. The van der Waals surface area contributed by atoms with E-state index in [0.29, 0.717) is 18.1 Å². The molecule has 0 radical (unpaired) electrons.